The van der Waals surface area contributed by atoms with Gasteiger partial charge in [-0.2, -0.15) is 0 Å². The Morgan fingerprint density at radius 1 is 1.50 bits per heavy atom. The average Bonchev–Trinajstić information content (AvgIpc) is 2.72. The van der Waals surface area contributed by atoms with Gasteiger partial charge in [0.05, 0.1) is 9.88 Å². The SMILES string of the molecule is Cc1ncc(COc2cc(Br)ccc2[C@H](C)N)s1. The molecule has 0 aliphatic carbocycles. The normalized spacial score (nSPS) is 12.4. The highest BCUT2D eigenvalue weighted by Crippen LogP contribution is 2.28. The zero-order valence-corrected chi connectivity index (χ0v) is 12.7. The van der Waals surface area contributed by atoms with Crippen molar-refractivity contribution in [3.05, 3.63) is 44.3 Å². The Kier molecular flexibility index (Phi) is 4.37. The average molecular weight is 327 g/mol. The molecule has 0 saturated carbocycles. The predicted molar refractivity (Wildman–Crippen MR) is 77.9 cm³/mol. The summed E-state index contributed by atoms with van der Waals surface area (Å²) in [7, 11) is 0. The molecule has 0 unspecified atom stereocenters. The van der Waals surface area contributed by atoms with E-state index < -0.39 is 0 Å². The van der Waals surface area contributed by atoms with Gasteiger partial charge in [-0.05, 0) is 26.0 Å². The van der Waals surface area contributed by atoms with Crippen molar-refractivity contribution in [1.29, 1.82) is 0 Å². The second kappa shape index (κ2) is 5.82. The summed E-state index contributed by atoms with van der Waals surface area (Å²) in [6, 6.07) is 5.87. The molecule has 0 spiro atoms. The van der Waals surface area contributed by atoms with Gasteiger partial charge in [0, 0.05) is 22.3 Å². The number of benzene rings is 1. The monoisotopic (exact) mass is 326 g/mol. The van der Waals surface area contributed by atoms with Gasteiger partial charge < -0.3 is 10.5 Å². The van der Waals surface area contributed by atoms with E-state index in [-0.39, 0.29) is 6.04 Å². The fourth-order valence-electron chi connectivity index (χ4n) is 1.63. The van der Waals surface area contributed by atoms with Crippen molar-refractivity contribution in [3.63, 3.8) is 0 Å². The molecule has 0 fully saturated rings. The van der Waals surface area contributed by atoms with Gasteiger partial charge in [-0.3, -0.25) is 0 Å². The first-order valence-electron chi connectivity index (χ1n) is 5.65. The summed E-state index contributed by atoms with van der Waals surface area (Å²) in [5.74, 6) is 0.824. The molecule has 1 aromatic carbocycles. The number of ether oxygens (including phenoxy) is 1. The van der Waals surface area contributed by atoms with Gasteiger partial charge in [0.15, 0.2) is 0 Å². The molecule has 0 aliphatic rings. The topological polar surface area (TPSA) is 48.1 Å². The van der Waals surface area contributed by atoms with E-state index in [4.69, 9.17) is 10.5 Å². The third-order valence-electron chi connectivity index (χ3n) is 2.51. The first-order valence-corrected chi connectivity index (χ1v) is 7.26. The molecule has 0 radical (unpaired) electrons. The number of rotatable bonds is 4. The molecular weight excluding hydrogens is 312 g/mol. The van der Waals surface area contributed by atoms with Crippen LogP contribution in [-0.2, 0) is 6.61 Å². The molecule has 96 valence electrons. The van der Waals surface area contributed by atoms with Crippen molar-refractivity contribution in [2.75, 3.05) is 0 Å². The lowest BCUT2D eigenvalue weighted by Crippen LogP contribution is -2.07. The van der Waals surface area contributed by atoms with E-state index in [9.17, 15) is 0 Å². The molecule has 2 N–H and O–H groups in total. The van der Waals surface area contributed by atoms with Crippen LogP contribution in [0.4, 0.5) is 0 Å². The van der Waals surface area contributed by atoms with Gasteiger partial charge in [0.2, 0.25) is 0 Å². The lowest BCUT2D eigenvalue weighted by Gasteiger charge is -2.13. The minimum absolute atomic E-state index is 0.0451. The van der Waals surface area contributed by atoms with Crippen LogP contribution in [0.3, 0.4) is 0 Å². The third-order valence-corrected chi connectivity index (χ3v) is 3.88. The number of nitrogens with zero attached hydrogens (tertiary/aromatic N) is 1. The molecule has 2 rings (SSSR count). The largest absolute Gasteiger partial charge is 0.488 e. The van der Waals surface area contributed by atoms with E-state index in [1.165, 1.54) is 0 Å². The van der Waals surface area contributed by atoms with Crippen LogP contribution in [0.1, 0.15) is 28.4 Å². The number of hydrogen-bond acceptors (Lipinski definition) is 4. The van der Waals surface area contributed by atoms with E-state index >= 15 is 0 Å². The van der Waals surface area contributed by atoms with Gasteiger partial charge in [-0.15, -0.1) is 11.3 Å². The number of nitrogens with two attached hydrogens (primary N) is 1. The number of thiazole rings is 1. The molecule has 1 atom stereocenters. The van der Waals surface area contributed by atoms with Crippen LogP contribution in [0.15, 0.2) is 28.9 Å². The standard InChI is InChI=1S/C13H15BrN2OS/c1-8(15)12-4-3-10(14)5-13(12)17-7-11-6-16-9(2)18-11/h3-6,8H,7,15H2,1-2H3/t8-/m0/s1. The van der Waals surface area contributed by atoms with Gasteiger partial charge >= 0.3 is 0 Å². The van der Waals surface area contributed by atoms with Crippen LogP contribution in [0.25, 0.3) is 0 Å². The fourth-order valence-corrected chi connectivity index (χ4v) is 2.68. The Hall–Kier alpha value is -0.910. The van der Waals surface area contributed by atoms with Crippen LogP contribution in [0.5, 0.6) is 5.75 Å². The van der Waals surface area contributed by atoms with Crippen LogP contribution < -0.4 is 10.5 Å². The minimum atomic E-state index is -0.0451. The van der Waals surface area contributed by atoms with Crippen molar-refractivity contribution in [1.82, 2.24) is 4.98 Å². The van der Waals surface area contributed by atoms with Crippen molar-refractivity contribution in [2.24, 2.45) is 5.73 Å². The van der Waals surface area contributed by atoms with E-state index in [2.05, 4.69) is 20.9 Å². The van der Waals surface area contributed by atoms with E-state index in [0.29, 0.717) is 6.61 Å². The summed E-state index contributed by atoms with van der Waals surface area (Å²) in [6.45, 7) is 4.47. The van der Waals surface area contributed by atoms with Crippen LogP contribution in [0, 0.1) is 6.92 Å². The minimum Gasteiger partial charge on any atom is -0.488 e. The Morgan fingerprint density at radius 2 is 2.28 bits per heavy atom. The Bertz CT molecular complexity index is 540. The molecule has 3 nitrogen and oxygen atoms in total. The zero-order chi connectivity index (χ0) is 13.1. The molecule has 1 aromatic heterocycles. The summed E-state index contributed by atoms with van der Waals surface area (Å²) in [5.41, 5.74) is 6.95. The second-order valence-electron chi connectivity index (χ2n) is 4.11. The molecule has 2 aromatic rings. The quantitative estimate of drug-likeness (QED) is 0.929. The summed E-state index contributed by atoms with van der Waals surface area (Å²) in [5, 5.41) is 1.05. The van der Waals surface area contributed by atoms with Gasteiger partial charge in [-0.1, -0.05) is 22.0 Å². The second-order valence-corrected chi connectivity index (χ2v) is 6.34. The molecule has 1 heterocycles. The van der Waals surface area contributed by atoms with Crippen LogP contribution in [0.2, 0.25) is 0 Å². The number of halogens is 1. The van der Waals surface area contributed by atoms with Crippen molar-refractivity contribution in [3.8, 4) is 5.75 Å². The van der Waals surface area contributed by atoms with E-state index in [1.54, 1.807) is 11.3 Å². The molecule has 0 amide bonds. The molecule has 18 heavy (non-hydrogen) atoms. The maximum atomic E-state index is 5.93. The predicted octanol–water partition coefficient (Wildman–Crippen LogP) is 3.81. The highest BCUT2D eigenvalue weighted by Gasteiger charge is 2.09. The zero-order valence-electron chi connectivity index (χ0n) is 10.3. The molecule has 0 saturated heterocycles. The maximum absolute atomic E-state index is 5.93. The smallest absolute Gasteiger partial charge is 0.125 e. The van der Waals surface area contributed by atoms with Crippen molar-refractivity contribution in [2.45, 2.75) is 26.5 Å². The van der Waals surface area contributed by atoms with E-state index in [0.717, 1.165) is 25.7 Å². The first kappa shape index (κ1) is 13.5. The first-order chi connectivity index (χ1) is 8.56. The molecule has 0 bridgehead atoms. The summed E-state index contributed by atoms with van der Waals surface area (Å²) in [4.78, 5) is 5.32. The van der Waals surface area contributed by atoms with Gasteiger partial charge in [0.25, 0.3) is 0 Å². The fraction of sp³-hybridized carbons (Fsp3) is 0.308. The summed E-state index contributed by atoms with van der Waals surface area (Å²) >= 11 is 5.09. The number of hydrogen-bond donors (Lipinski definition) is 1. The maximum Gasteiger partial charge on any atom is 0.125 e. The van der Waals surface area contributed by atoms with E-state index in [1.807, 2.05) is 38.2 Å². The number of aromatic nitrogens is 1. The van der Waals surface area contributed by atoms with Crippen LogP contribution >= 0.6 is 27.3 Å². The van der Waals surface area contributed by atoms with Crippen molar-refractivity contribution < 1.29 is 4.74 Å². The van der Waals surface area contributed by atoms with Crippen molar-refractivity contribution >= 4 is 27.3 Å². The van der Waals surface area contributed by atoms with Gasteiger partial charge in [0.1, 0.15) is 12.4 Å². The highest BCUT2D eigenvalue weighted by atomic mass is 79.9. The van der Waals surface area contributed by atoms with Gasteiger partial charge in [-0.25, -0.2) is 4.98 Å². The molecular formula is C13H15BrN2OS. The summed E-state index contributed by atoms with van der Waals surface area (Å²) in [6.07, 6.45) is 1.85. The summed E-state index contributed by atoms with van der Waals surface area (Å²) < 4.78 is 6.83. The molecule has 5 heteroatoms. The number of aryl methyl sites for hydroxylation is 1. The van der Waals surface area contributed by atoms with Crippen LogP contribution in [-0.4, -0.2) is 4.98 Å². The lowest BCUT2D eigenvalue weighted by molar-refractivity contribution is 0.304. The Labute approximate surface area is 119 Å². The highest BCUT2D eigenvalue weighted by molar-refractivity contribution is 9.10. The lowest BCUT2D eigenvalue weighted by atomic mass is 10.1. The Balaban J connectivity index is 2.15. The molecule has 0 aliphatic heterocycles. The third kappa shape index (κ3) is 3.31. The Morgan fingerprint density at radius 3 is 2.89 bits per heavy atom.